The van der Waals surface area contributed by atoms with Gasteiger partial charge in [0, 0.05) is 36.6 Å². The van der Waals surface area contributed by atoms with E-state index in [-0.39, 0.29) is 5.91 Å². The van der Waals surface area contributed by atoms with Crippen LogP contribution in [0.1, 0.15) is 41.6 Å². The van der Waals surface area contributed by atoms with Crippen molar-refractivity contribution in [1.82, 2.24) is 19.6 Å². The first kappa shape index (κ1) is 16.3. The first-order valence-corrected chi connectivity index (χ1v) is 9.30. The van der Waals surface area contributed by atoms with Crippen LogP contribution in [0.15, 0.2) is 42.7 Å². The second-order valence-electron chi connectivity index (χ2n) is 7.30. The molecule has 0 saturated carbocycles. The van der Waals surface area contributed by atoms with E-state index in [2.05, 4.69) is 21.9 Å². The van der Waals surface area contributed by atoms with Crippen LogP contribution in [-0.4, -0.2) is 57.7 Å². The molecule has 3 heterocycles. The summed E-state index contributed by atoms with van der Waals surface area (Å²) < 4.78 is 1.89. The van der Waals surface area contributed by atoms with Crippen LogP contribution in [0.2, 0.25) is 0 Å². The Bertz CT molecular complexity index is 710. The Kier molecular flexibility index (Phi) is 4.57. The monoisotopic (exact) mass is 338 g/mol. The van der Waals surface area contributed by atoms with E-state index in [9.17, 15) is 4.79 Å². The Hall–Kier alpha value is -2.14. The molecule has 0 aliphatic carbocycles. The molecule has 0 N–H and O–H groups in total. The second-order valence-corrected chi connectivity index (χ2v) is 7.30. The van der Waals surface area contributed by atoms with Gasteiger partial charge in [0.1, 0.15) is 0 Å². The lowest BCUT2D eigenvalue weighted by Gasteiger charge is -2.33. The van der Waals surface area contributed by atoms with E-state index in [0.717, 1.165) is 43.6 Å². The summed E-state index contributed by atoms with van der Waals surface area (Å²) in [6.07, 6.45) is 8.46. The van der Waals surface area contributed by atoms with E-state index in [0.29, 0.717) is 12.1 Å². The molecule has 0 unspecified atom stereocenters. The number of benzene rings is 1. The zero-order chi connectivity index (χ0) is 17.2. The van der Waals surface area contributed by atoms with Crippen LogP contribution in [0.3, 0.4) is 0 Å². The summed E-state index contributed by atoms with van der Waals surface area (Å²) in [6, 6.07) is 10.9. The molecule has 1 amide bonds. The summed E-state index contributed by atoms with van der Waals surface area (Å²) in [6.45, 7) is 2.79. The molecule has 1 aromatic heterocycles. The van der Waals surface area contributed by atoms with E-state index < -0.39 is 0 Å². The SMILES string of the molecule is CN1CCC[C@@H]1[C@@H]1CCCN1C(=O)c1ccc(Cn2cccn2)cc1. The molecule has 25 heavy (non-hydrogen) atoms. The van der Waals surface area contributed by atoms with Gasteiger partial charge in [0.05, 0.1) is 6.54 Å². The van der Waals surface area contributed by atoms with Gasteiger partial charge in [0.2, 0.25) is 0 Å². The molecule has 5 nitrogen and oxygen atoms in total. The van der Waals surface area contributed by atoms with Crippen molar-refractivity contribution in [2.75, 3.05) is 20.1 Å². The van der Waals surface area contributed by atoms with Gasteiger partial charge in [0.25, 0.3) is 5.91 Å². The van der Waals surface area contributed by atoms with Crippen molar-refractivity contribution in [2.24, 2.45) is 0 Å². The smallest absolute Gasteiger partial charge is 0.254 e. The van der Waals surface area contributed by atoms with Gasteiger partial charge in [-0.25, -0.2) is 0 Å². The predicted octanol–water partition coefficient (Wildman–Crippen LogP) is 2.63. The lowest BCUT2D eigenvalue weighted by Crippen LogP contribution is -2.47. The fourth-order valence-electron chi connectivity index (χ4n) is 4.37. The van der Waals surface area contributed by atoms with Gasteiger partial charge in [-0.05, 0) is 63.0 Å². The topological polar surface area (TPSA) is 41.4 Å². The minimum atomic E-state index is 0.188. The lowest BCUT2D eigenvalue weighted by molar-refractivity contribution is 0.0664. The van der Waals surface area contributed by atoms with Gasteiger partial charge >= 0.3 is 0 Å². The number of hydrogen-bond donors (Lipinski definition) is 0. The van der Waals surface area contributed by atoms with Crippen LogP contribution < -0.4 is 0 Å². The molecule has 2 saturated heterocycles. The minimum absolute atomic E-state index is 0.188. The summed E-state index contributed by atoms with van der Waals surface area (Å²) >= 11 is 0. The maximum absolute atomic E-state index is 13.0. The number of nitrogens with zero attached hydrogens (tertiary/aromatic N) is 4. The van der Waals surface area contributed by atoms with E-state index >= 15 is 0 Å². The largest absolute Gasteiger partial charge is 0.334 e. The average molecular weight is 338 g/mol. The molecule has 2 aliphatic rings. The number of hydrogen-bond acceptors (Lipinski definition) is 3. The first-order chi connectivity index (χ1) is 12.2. The molecule has 132 valence electrons. The van der Waals surface area contributed by atoms with Crippen molar-refractivity contribution < 1.29 is 4.79 Å². The van der Waals surface area contributed by atoms with Crippen molar-refractivity contribution in [3.05, 3.63) is 53.9 Å². The fourth-order valence-corrected chi connectivity index (χ4v) is 4.37. The van der Waals surface area contributed by atoms with Crippen LogP contribution in [0, 0.1) is 0 Å². The van der Waals surface area contributed by atoms with Gasteiger partial charge in [-0.1, -0.05) is 12.1 Å². The van der Waals surface area contributed by atoms with Crippen LogP contribution in [0.5, 0.6) is 0 Å². The Morgan fingerprint density at radius 2 is 1.88 bits per heavy atom. The second kappa shape index (κ2) is 7.00. The summed E-state index contributed by atoms with van der Waals surface area (Å²) in [4.78, 5) is 17.6. The van der Waals surface area contributed by atoms with Crippen LogP contribution in [0.25, 0.3) is 0 Å². The molecule has 2 aromatic rings. The van der Waals surface area contributed by atoms with Crippen molar-refractivity contribution >= 4 is 5.91 Å². The van der Waals surface area contributed by atoms with Crippen LogP contribution in [0.4, 0.5) is 0 Å². The maximum Gasteiger partial charge on any atom is 0.254 e. The Morgan fingerprint density at radius 3 is 2.56 bits per heavy atom. The molecular weight excluding hydrogens is 312 g/mol. The van der Waals surface area contributed by atoms with Gasteiger partial charge in [-0.15, -0.1) is 0 Å². The third-order valence-corrected chi connectivity index (χ3v) is 5.69. The Balaban J connectivity index is 1.46. The quantitative estimate of drug-likeness (QED) is 0.860. The zero-order valence-electron chi connectivity index (χ0n) is 14.8. The predicted molar refractivity (Wildman–Crippen MR) is 97.5 cm³/mol. The summed E-state index contributed by atoms with van der Waals surface area (Å²) in [5.74, 6) is 0.188. The highest BCUT2D eigenvalue weighted by Crippen LogP contribution is 2.30. The molecule has 0 bridgehead atoms. The number of carbonyl (C=O) groups is 1. The van der Waals surface area contributed by atoms with Crippen molar-refractivity contribution in [3.63, 3.8) is 0 Å². The molecular formula is C20H26N4O. The van der Waals surface area contributed by atoms with Crippen molar-refractivity contribution in [1.29, 1.82) is 0 Å². The van der Waals surface area contributed by atoms with E-state index in [1.807, 2.05) is 41.2 Å². The number of amides is 1. The normalized spacial score (nSPS) is 24.1. The van der Waals surface area contributed by atoms with Crippen LogP contribution >= 0.6 is 0 Å². The van der Waals surface area contributed by atoms with Gasteiger partial charge in [-0.2, -0.15) is 5.10 Å². The van der Waals surface area contributed by atoms with Gasteiger partial charge in [-0.3, -0.25) is 9.48 Å². The van der Waals surface area contributed by atoms with Crippen molar-refractivity contribution in [2.45, 2.75) is 44.3 Å². The average Bonchev–Trinajstić information content (AvgIpc) is 3.36. The highest BCUT2D eigenvalue weighted by Gasteiger charge is 2.38. The molecule has 2 aliphatic heterocycles. The molecule has 0 spiro atoms. The summed E-state index contributed by atoms with van der Waals surface area (Å²) in [5.41, 5.74) is 1.96. The van der Waals surface area contributed by atoms with Crippen LogP contribution in [-0.2, 0) is 6.54 Å². The Morgan fingerprint density at radius 1 is 1.12 bits per heavy atom. The first-order valence-electron chi connectivity index (χ1n) is 9.30. The molecule has 4 rings (SSSR count). The van der Waals surface area contributed by atoms with E-state index in [1.165, 1.54) is 12.8 Å². The highest BCUT2D eigenvalue weighted by atomic mass is 16.2. The zero-order valence-corrected chi connectivity index (χ0v) is 14.8. The Labute approximate surface area is 149 Å². The highest BCUT2D eigenvalue weighted by molar-refractivity contribution is 5.94. The van der Waals surface area contributed by atoms with E-state index in [1.54, 1.807) is 6.20 Å². The lowest BCUT2D eigenvalue weighted by atomic mass is 10.0. The molecule has 0 radical (unpaired) electrons. The number of aromatic nitrogens is 2. The summed E-state index contributed by atoms with van der Waals surface area (Å²) in [5, 5.41) is 4.23. The molecule has 2 fully saturated rings. The fraction of sp³-hybridized carbons (Fsp3) is 0.500. The maximum atomic E-state index is 13.0. The van der Waals surface area contributed by atoms with Gasteiger partial charge in [0.15, 0.2) is 0 Å². The standard InChI is InChI=1S/C20H26N4O/c1-22-12-2-5-18(22)19-6-3-14-24(19)20(25)17-9-7-16(8-10-17)15-23-13-4-11-21-23/h4,7-11,13,18-19H,2-3,5-6,12,14-15H2,1H3/t18-,19+/m1/s1. The summed E-state index contributed by atoms with van der Waals surface area (Å²) in [7, 11) is 2.20. The third-order valence-electron chi connectivity index (χ3n) is 5.69. The number of rotatable bonds is 4. The van der Waals surface area contributed by atoms with Gasteiger partial charge < -0.3 is 9.80 Å². The third kappa shape index (κ3) is 3.33. The van der Waals surface area contributed by atoms with Crippen molar-refractivity contribution in [3.8, 4) is 0 Å². The number of likely N-dealkylation sites (N-methyl/N-ethyl adjacent to an activating group) is 1. The molecule has 2 atom stereocenters. The molecule has 1 aromatic carbocycles. The number of likely N-dealkylation sites (tertiary alicyclic amines) is 2. The van der Waals surface area contributed by atoms with E-state index in [4.69, 9.17) is 0 Å². The molecule has 5 heteroatoms. The minimum Gasteiger partial charge on any atom is -0.334 e. The number of carbonyl (C=O) groups excluding carboxylic acids is 1.